The highest BCUT2D eigenvalue weighted by molar-refractivity contribution is 5.80. The van der Waals surface area contributed by atoms with Gasteiger partial charge in [-0.25, -0.2) is 0 Å². The zero-order chi connectivity index (χ0) is 26.2. The van der Waals surface area contributed by atoms with E-state index in [4.69, 9.17) is 20.4 Å². The molecule has 4 N–H and O–H groups in total. The van der Waals surface area contributed by atoms with Crippen LogP contribution in [0.5, 0.6) is 0 Å². The maximum absolute atomic E-state index is 11.1. The number of likely N-dealkylation sites (tertiary alicyclic amines) is 2. The van der Waals surface area contributed by atoms with E-state index in [0.29, 0.717) is 38.8 Å². The predicted molar refractivity (Wildman–Crippen MR) is 128 cm³/mol. The van der Waals surface area contributed by atoms with Crippen LogP contribution in [0.4, 0.5) is 0 Å². The van der Waals surface area contributed by atoms with E-state index in [1.165, 1.54) is 0 Å². The number of hydrogen-bond acceptors (Lipinski definition) is 6. The molecule has 4 rings (SSSR count). The van der Waals surface area contributed by atoms with Gasteiger partial charge in [0.05, 0.1) is 0 Å². The van der Waals surface area contributed by atoms with E-state index in [1.54, 1.807) is 9.80 Å². The van der Waals surface area contributed by atoms with Crippen molar-refractivity contribution < 1.29 is 39.6 Å². The predicted octanol–water partition coefficient (Wildman–Crippen LogP) is 2.38. The van der Waals surface area contributed by atoms with E-state index in [9.17, 15) is 19.2 Å². The van der Waals surface area contributed by atoms with Crippen molar-refractivity contribution in [1.82, 2.24) is 9.80 Å². The van der Waals surface area contributed by atoms with Crippen LogP contribution in [0.1, 0.15) is 36.8 Å². The summed E-state index contributed by atoms with van der Waals surface area (Å²) in [5, 5.41) is 36.5. The quantitative estimate of drug-likeness (QED) is 0.426. The monoisotopic (exact) mass is 498 g/mol. The average molecular weight is 499 g/mol. The van der Waals surface area contributed by atoms with Gasteiger partial charge in [0.2, 0.25) is 0 Å². The van der Waals surface area contributed by atoms with E-state index >= 15 is 0 Å². The maximum Gasteiger partial charge on any atom is 0.320 e. The molecule has 2 fully saturated rings. The van der Waals surface area contributed by atoms with E-state index in [1.807, 2.05) is 60.7 Å². The fraction of sp³-hybridized carbons (Fsp3) is 0.385. The number of carboxylic acid groups (broad SMARTS) is 4. The van der Waals surface area contributed by atoms with Crippen LogP contribution in [-0.4, -0.2) is 78.3 Å². The molecule has 0 aromatic heterocycles. The lowest BCUT2D eigenvalue weighted by Crippen LogP contribution is -2.43. The first-order valence-electron chi connectivity index (χ1n) is 11.7. The fourth-order valence-electron chi connectivity index (χ4n) is 4.82. The summed E-state index contributed by atoms with van der Waals surface area (Å²) in [5.41, 5.74) is 1.86. The molecule has 0 amide bonds. The zero-order valence-corrected chi connectivity index (χ0v) is 19.6. The summed E-state index contributed by atoms with van der Waals surface area (Å²) in [6.07, 6.45) is 1.55. The smallest absolute Gasteiger partial charge is 0.320 e. The summed E-state index contributed by atoms with van der Waals surface area (Å²) in [6.45, 7) is 0.712. The topological polar surface area (TPSA) is 156 Å². The Hall–Kier alpha value is -3.76. The molecule has 10 heteroatoms. The Morgan fingerprint density at radius 3 is 1.00 bits per heavy atom. The third kappa shape index (κ3) is 6.67. The van der Waals surface area contributed by atoms with Crippen molar-refractivity contribution in [3.8, 4) is 0 Å². The number of hydrogen-bond donors (Lipinski definition) is 4. The highest BCUT2D eigenvalue weighted by atomic mass is 16.4. The number of aliphatic carboxylic acids is 4. The SMILES string of the molecule is O=C(O)[C@H]1CC[C@@H](C(=O)O)N1Cc1ccccc1.O=C(O)[C@H]1CC[C@@H](C(=O)O)N1Cc1ccccc1. The molecular weight excluding hydrogens is 468 g/mol. The minimum absolute atomic E-state index is 0.356. The van der Waals surface area contributed by atoms with Gasteiger partial charge in [-0.3, -0.25) is 29.0 Å². The van der Waals surface area contributed by atoms with E-state index < -0.39 is 48.0 Å². The third-order valence-corrected chi connectivity index (χ3v) is 6.58. The Balaban J connectivity index is 0.000000201. The maximum atomic E-state index is 11.1. The van der Waals surface area contributed by atoms with Crippen LogP contribution < -0.4 is 0 Å². The Kier molecular flexibility index (Phi) is 9.15. The van der Waals surface area contributed by atoms with Crippen LogP contribution in [0.3, 0.4) is 0 Å². The van der Waals surface area contributed by atoms with E-state index in [0.717, 1.165) is 11.1 Å². The van der Waals surface area contributed by atoms with Crippen LogP contribution in [0, 0.1) is 0 Å². The molecule has 0 radical (unpaired) electrons. The molecule has 0 aliphatic carbocycles. The normalized spacial score (nSPS) is 24.0. The number of carbonyl (C=O) groups is 4. The van der Waals surface area contributed by atoms with Crippen LogP contribution in [-0.2, 0) is 32.3 Å². The van der Waals surface area contributed by atoms with Gasteiger partial charge in [-0.15, -0.1) is 0 Å². The molecule has 0 bridgehead atoms. The molecule has 2 aromatic rings. The summed E-state index contributed by atoms with van der Waals surface area (Å²) in [5.74, 6) is -3.80. The molecular formula is C26H30N2O8. The molecule has 2 heterocycles. The van der Waals surface area contributed by atoms with Crippen LogP contribution in [0.2, 0.25) is 0 Å². The van der Waals surface area contributed by atoms with Crippen molar-refractivity contribution in [2.24, 2.45) is 0 Å². The first-order chi connectivity index (χ1) is 17.2. The number of carboxylic acids is 4. The lowest BCUT2D eigenvalue weighted by atomic mass is 10.2. The van der Waals surface area contributed by atoms with Crippen molar-refractivity contribution >= 4 is 23.9 Å². The Bertz CT molecular complexity index is 933. The number of rotatable bonds is 8. The molecule has 2 aromatic carbocycles. The summed E-state index contributed by atoms with van der Waals surface area (Å²) in [7, 11) is 0. The van der Waals surface area contributed by atoms with Gasteiger partial charge in [0.1, 0.15) is 24.2 Å². The Morgan fingerprint density at radius 2 is 0.778 bits per heavy atom. The lowest BCUT2D eigenvalue weighted by Gasteiger charge is -2.25. The second kappa shape index (κ2) is 12.3. The van der Waals surface area contributed by atoms with Crippen molar-refractivity contribution in [3.63, 3.8) is 0 Å². The molecule has 2 aliphatic rings. The van der Waals surface area contributed by atoms with Gasteiger partial charge < -0.3 is 20.4 Å². The Morgan fingerprint density at radius 1 is 0.528 bits per heavy atom. The number of nitrogens with zero attached hydrogens (tertiary/aromatic N) is 2. The molecule has 36 heavy (non-hydrogen) atoms. The molecule has 0 spiro atoms. The van der Waals surface area contributed by atoms with Crippen LogP contribution >= 0.6 is 0 Å². The number of benzene rings is 2. The van der Waals surface area contributed by atoms with Gasteiger partial charge in [-0.2, -0.15) is 0 Å². The van der Waals surface area contributed by atoms with Crippen LogP contribution in [0.15, 0.2) is 60.7 Å². The van der Waals surface area contributed by atoms with Gasteiger partial charge in [0, 0.05) is 13.1 Å². The molecule has 192 valence electrons. The highest BCUT2D eigenvalue weighted by Crippen LogP contribution is 2.28. The molecule has 2 aliphatic heterocycles. The standard InChI is InChI=1S/2C13H15NO4/c2*15-12(16)10-6-7-11(13(17)18)14(10)8-9-4-2-1-3-5-9/h2*1-5,10-11H,6-8H2,(H,15,16)(H,17,18)/t2*10-,11+. The van der Waals surface area contributed by atoms with Crippen molar-refractivity contribution in [3.05, 3.63) is 71.8 Å². The van der Waals surface area contributed by atoms with Gasteiger partial charge in [-0.05, 0) is 36.8 Å². The molecule has 4 atom stereocenters. The van der Waals surface area contributed by atoms with Crippen molar-refractivity contribution in [2.75, 3.05) is 0 Å². The van der Waals surface area contributed by atoms with Gasteiger partial charge in [-0.1, -0.05) is 60.7 Å². The largest absolute Gasteiger partial charge is 0.480 e. The van der Waals surface area contributed by atoms with Crippen molar-refractivity contribution in [2.45, 2.75) is 62.9 Å². The highest BCUT2D eigenvalue weighted by Gasteiger charge is 2.42. The van der Waals surface area contributed by atoms with Gasteiger partial charge in [0.25, 0.3) is 0 Å². The average Bonchev–Trinajstić information content (AvgIpc) is 3.46. The van der Waals surface area contributed by atoms with E-state index in [-0.39, 0.29) is 0 Å². The molecule has 0 unspecified atom stereocenters. The summed E-state index contributed by atoms with van der Waals surface area (Å²) < 4.78 is 0. The van der Waals surface area contributed by atoms with Crippen LogP contribution in [0.25, 0.3) is 0 Å². The second-order valence-corrected chi connectivity index (χ2v) is 8.89. The van der Waals surface area contributed by atoms with Gasteiger partial charge >= 0.3 is 23.9 Å². The minimum atomic E-state index is -0.949. The lowest BCUT2D eigenvalue weighted by molar-refractivity contribution is -0.149. The molecule has 10 nitrogen and oxygen atoms in total. The summed E-state index contributed by atoms with van der Waals surface area (Å²) >= 11 is 0. The first-order valence-corrected chi connectivity index (χ1v) is 11.7. The minimum Gasteiger partial charge on any atom is -0.480 e. The fourth-order valence-corrected chi connectivity index (χ4v) is 4.82. The summed E-state index contributed by atoms with van der Waals surface area (Å²) in [6, 6.07) is 15.9. The van der Waals surface area contributed by atoms with Gasteiger partial charge in [0.15, 0.2) is 0 Å². The second-order valence-electron chi connectivity index (χ2n) is 8.89. The van der Waals surface area contributed by atoms with E-state index in [2.05, 4.69) is 0 Å². The third-order valence-electron chi connectivity index (χ3n) is 6.58. The van der Waals surface area contributed by atoms with Crippen molar-refractivity contribution in [1.29, 1.82) is 0 Å². The zero-order valence-electron chi connectivity index (χ0n) is 19.6. The molecule has 0 saturated carbocycles. The summed E-state index contributed by atoms with van der Waals surface area (Å²) in [4.78, 5) is 47.7. The molecule has 2 saturated heterocycles. The Labute approximate surface area is 208 Å². The first kappa shape index (κ1) is 26.8.